The lowest BCUT2D eigenvalue weighted by molar-refractivity contribution is -0.121. The van der Waals surface area contributed by atoms with E-state index in [1.165, 1.54) is 0 Å². The Hall–Kier alpha value is -1.81. The molecule has 0 aliphatic rings. The third-order valence-corrected chi connectivity index (χ3v) is 3.38. The van der Waals surface area contributed by atoms with E-state index in [2.05, 4.69) is 24.5 Å². The fourth-order valence-corrected chi connectivity index (χ4v) is 2.12. The van der Waals surface area contributed by atoms with Crippen molar-refractivity contribution in [3.05, 3.63) is 36.1 Å². The van der Waals surface area contributed by atoms with Gasteiger partial charge in [0, 0.05) is 24.9 Å². The van der Waals surface area contributed by atoms with Gasteiger partial charge in [0.05, 0.1) is 6.04 Å². The van der Waals surface area contributed by atoms with Crippen molar-refractivity contribution in [2.75, 3.05) is 13.1 Å². The number of amides is 1. The summed E-state index contributed by atoms with van der Waals surface area (Å²) < 4.78 is 5.80. The van der Waals surface area contributed by atoms with E-state index in [-0.39, 0.29) is 11.9 Å². The quantitative estimate of drug-likeness (QED) is 0.822. The fraction of sp³-hybridized carbons (Fsp3) is 0.471. The molecule has 21 heavy (non-hydrogen) atoms. The molecule has 114 valence electrons. The second-order valence-electron chi connectivity index (χ2n) is 5.81. The highest BCUT2D eigenvalue weighted by Gasteiger charge is 2.11. The molecular formula is C17H24N2O2. The Balaban J connectivity index is 1.79. The topological polar surface area (TPSA) is 54.3 Å². The number of carbonyl (C=O) groups excluding carboxylic acids is 1. The van der Waals surface area contributed by atoms with Crippen LogP contribution in [0.2, 0.25) is 0 Å². The van der Waals surface area contributed by atoms with Gasteiger partial charge < -0.3 is 15.1 Å². The van der Waals surface area contributed by atoms with Crippen molar-refractivity contribution in [2.45, 2.75) is 33.2 Å². The predicted molar refractivity (Wildman–Crippen MR) is 85.1 cm³/mol. The molecule has 2 aromatic rings. The Morgan fingerprint density at radius 1 is 1.24 bits per heavy atom. The van der Waals surface area contributed by atoms with Gasteiger partial charge in [0.25, 0.3) is 0 Å². The molecule has 1 heterocycles. The summed E-state index contributed by atoms with van der Waals surface area (Å²) >= 11 is 0. The lowest BCUT2D eigenvalue weighted by atomic mass is 10.2. The molecule has 1 aromatic heterocycles. The highest BCUT2D eigenvalue weighted by atomic mass is 16.3. The second kappa shape index (κ2) is 7.27. The predicted octanol–water partition coefficient (Wildman–Crippen LogP) is 3.25. The van der Waals surface area contributed by atoms with E-state index >= 15 is 0 Å². The second-order valence-corrected chi connectivity index (χ2v) is 5.81. The maximum Gasteiger partial charge on any atom is 0.221 e. The van der Waals surface area contributed by atoms with Crippen molar-refractivity contribution in [1.82, 2.24) is 10.6 Å². The summed E-state index contributed by atoms with van der Waals surface area (Å²) in [5, 5.41) is 7.35. The number of hydrogen-bond acceptors (Lipinski definition) is 3. The third-order valence-electron chi connectivity index (χ3n) is 3.38. The van der Waals surface area contributed by atoms with Crippen molar-refractivity contribution in [3.63, 3.8) is 0 Å². The Kier molecular flexibility index (Phi) is 5.39. The minimum atomic E-state index is 0.0907. The molecule has 1 amide bonds. The van der Waals surface area contributed by atoms with Gasteiger partial charge in [0.1, 0.15) is 11.3 Å². The number of rotatable bonds is 7. The summed E-state index contributed by atoms with van der Waals surface area (Å²) in [5.74, 6) is 1.48. The molecule has 0 aliphatic carbocycles. The number of benzene rings is 1. The lowest BCUT2D eigenvalue weighted by Crippen LogP contribution is -2.31. The first-order chi connectivity index (χ1) is 10.1. The van der Waals surface area contributed by atoms with Gasteiger partial charge in [-0.15, -0.1) is 0 Å². The van der Waals surface area contributed by atoms with Crippen molar-refractivity contribution in [2.24, 2.45) is 5.92 Å². The van der Waals surface area contributed by atoms with E-state index in [4.69, 9.17) is 4.42 Å². The van der Waals surface area contributed by atoms with E-state index < -0.39 is 0 Å². The molecule has 0 spiro atoms. The van der Waals surface area contributed by atoms with E-state index in [1.807, 2.05) is 37.3 Å². The van der Waals surface area contributed by atoms with Crippen LogP contribution in [0.3, 0.4) is 0 Å². The van der Waals surface area contributed by atoms with Crippen LogP contribution in [0.5, 0.6) is 0 Å². The normalized spacial score (nSPS) is 12.8. The maximum absolute atomic E-state index is 11.6. The average Bonchev–Trinajstić information content (AvgIpc) is 2.89. The third kappa shape index (κ3) is 4.60. The number of carbonyl (C=O) groups is 1. The number of para-hydroxylation sites is 1. The van der Waals surface area contributed by atoms with Crippen LogP contribution in [-0.4, -0.2) is 19.0 Å². The summed E-state index contributed by atoms with van der Waals surface area (Å²) in [6.45, 7) is 7.59. The van der Waals surface area contributed by atoms with E-state index in [0.717, 1.165) is 23.3 Å². The molecule has 4 nitrogen and oxygen atoms in total. The van der Waals surface area contributed by atoms with Crippen molar-refractivity contribution < 1.29 is 9.21 Å². The van der Waals surface area contributed by atoms with E-state index in [0.29, 0.717) is 18.9 Å². The molecule has 0 radical (unpaired) electrons. The zero-order valence-electron chi connectivity index (χ0n) is 13.0. The molecule has 0 saturated carbocycles. The molecular weight excluding hydrogens is 264 g/mol. The number of nitrogens with one attached hydrogen (secondary N) is 2. The smallest absolute Gasteiger partial charge is 0.221 e. The molecule has 1 aromatic carbocycles. The minimum absolute atomic E-state index is 0.0907. The Labute approximate surface area is 125 Å². The van der Waals surface area contributed by atoms with Crippen LogP contribution in [0.4, 0.5) is 0 Å². The Morgan fingerprint density at radius 2 is 2.00 bits per heavy atom. The Bertz CT molecular complexity index is 556. The standard InChI is InChI=1S/C17H24N2O2/c1-12(2)11-19-17(20)8-9-18-13(3)16-10-14-6-4-5-7-15(14)21-16/h4-7,10,12-13,18H,8-9,11H2,1-3H3,(H,19,20). The van der Waals surface area contributed by atoms with Gasteiger partial charge in [-0.2, -0.15) is 0 Å². The van der Waals surface area contributed by atoms with Crippen LogP contribution >= 0.6 is 0 Å². The van der Waals surface area contributed by atoms with Gasteiger partial charge in [-0.25, -0.2) is 0 Å². The van der Waals surface area contributed by atoms with Crippen LogP contribution in [0.15, 0.2) is 34.7 Å². The van der Waals surface area contributed by atoms with E-state index in [9.17, 15) is 4.79 Å². The van der Waals surface area contributed by atoms with Gasteiger partial charge >= 0.3 is 0 Å². The monoisotopic (exact) mass is 288 g/mol. The van der Waals surface area contributed by atoms with Crippen molar-refractivity contribution in [3.8, 4) is 0 Å². The molecule has 0 fully saturated rings. The highest BCUT2D eigenvalue weighted by molar-refractivity contribution is 5.78. The SMILES string of the molecule is CC(C)CNC(=O)CCNC(C)c1cc2ccccc2o1. The summed E-state index contributed by atoms with van der Waals surface area (Å²) in [4.78, 5) is 11.6. The molecule has 2 N–H and O–H groups in total. The van der Waals surface area contributed by atoms with Crippen LogP contribution < -0.4 is 10.6 Å². The fourth-order valence-electron chi connectivity index (χ4n) is 2.12. The largest absolute Gasteiger partial charge is 0.459 e. The van der Waals surface area contributed by atoms with Crippen LogP contribution in [-0.2, 0) is 4.79 Å². The van der Waals surface area contributed by atoms with Crippen molar-refractivity contribution in [1.29, 1.82) is 0 Å². The van der Waals surface area contributed by atoms with E-state index in [1.54, 1.807) is 0 Å². The number of fused-ring (bicyclic) bond motifs is 1. The molecule has 1 unspecified atom stereocenters. The van der Waals surface area contributed by atoms with Gasteiger partial charge in [-0.1, -0.05) is 32.0 Å². The van der Waals surface area contributed by atoms with Gasteiger partial charge in [-0.3, -0.25) is 4.79 Å². The van der Waals surface area contributed by atoms with Gasteiger partial charge in [0.2, 0.25) is 5.91 Å². The summed E-state index contributed by atoms with van der Waals surface area (Å²) in [5.41, 5.74) is 0.899. The average molecular weight is 288 g/mol. The zero-order valence-corrected chi connectivity index (χ0v) is 13.0. The van der Waals surface area contributed by atoms with Crippen LogP contribution in [0.1, 0.15) is 39.0 Å². The van der Waals surface area contributed by atoms with Gasteiger partial charge in [0.15, 0.2) is 0 Å². The first kappa shape index (κ1) is 15.6. The van der Waals surface area contributed by atoms with Crippen molar-refractivity contribution >= 4 is 16.9 Å². The first-order valence-corrected chi connectivity index (χ1v) is 7.55. The molecule has 0 aliphatic heterocycles. The number of hydrogen-bond donors (Lipinski definition) is 2. The molecule has 0 saturated heterocycles. The lowest BCUT2D eigenvalue weighted by Gasteiger charge is -2.11. The Morgan fingerprint density at radius 3 is 2.71 bits per heavy atom. The van der Waals surface area contributed by atoms with Crippen LogP contribution in [0, 0.1) is 5.92 Å². The summed E-state index contributed by atoms with van der Waals surface area (Å²) in [7, 11) is 0. The maximum atomic E-state index is 11.6. The van der Waals surface area contributed by atoms with Gasteiger partial charge in [-0.05, 0) is 25.0 Å². The first-order valence-electron chi connectivity index (χ1n) is 7.55. The summed E-state index contributed by atoms with van der Waals surface area (Å²) in [6.07, 6.45) is 0.483. The zero-order chi connectivity index (χ0) is 15.2. The molecule has 1 atom stereocenters. The molecule has 0 bridgehead atoms. The summed E-state index contributed by atoms with van der Waals surface area (Å²) in [6, 6.07) is 10.1. The molecule has 4 heteroatoms. The minimum Gasteiger partial charge on any atom is -0.459 e. The number of furan rings is 1. The molecule has 2 rings (SSSR count). The highest BCUT2D eigenvalue weighted by Crippen LogP contribution is 2.23. The van der Waals surface area contributed by atoms with Crippen LogP contribution in [0.25, 0.3) is 11.0 Å².